The minimum Gasteiger partial charge on any atom is -0.368 e. The number of rotatable bonds is 6. The number of pyridine rings is 1. The van der Waals surface area contributed by atoms with E-state index in [9.17, 15) is 0 Å². The molecule has 19 heavy (non-hydrogen) atoms. The molecule has 0 aliphatic rings. The zero-order valence-corrected chi connectivity index (χ0v) is 13.0. The summed E-state index contributed by atoms with van der Waals surface area (Å²) in [6.45, 7) is 17.4. The second-order valence-corrected chi connectivity index (χ2v) is 6.08. The molecule has 0 bridgehead atoms. The van der Waals surface area contributed by atoms with Crippen molar-refractivity contribution >= 4 is 5.69 Å². The monoisotopic (exact) mass is 261 g/mol. The van der Waals surface area contributed by atoms with Crippen molar-refractivity contribution in [1.29, 1.82) is 0 Å². The Hall–Kier alpha value is -1.35. The highest BCUT2D eigenvalue weighted by Gasteiger charge is 2.10. The summed E-state index contributed by atoms with van der Waals surface area (Å²) in [4.78, 5) is 6.74. The lowest BCUT2D eigenvalue weighted by Crippen LogP contribution is -2.35. The third-order valence-electron chi connectivity index (χ3n) is 2.81. The number of nitrogens with one attached hydrogen (secondary N) is 1. The molecule has 0 fully saturated rings. The van der Waals surface area contributed by atoms with Gasteiger partial charge in [0.25, 0.3) is 0 Å². The van der Waals surface area contributed by atoms with Crippen molar-refractivity contribution in [2.45, 2.75) is 46.7 Å². The average Bonchev–Trinajstić information content (AvgIpc) is 2.33. The molecule has 1 heterocycles. The fraction of sp³-hybridized carbons (Fsp3) is 0.562. The molecule has 3 nitrogen and oxygen atoms in total. The molecular weight excluding hydrogens is 234 g/mol. The van der Waals surface area contributed by atoms with Gasteiger partial charge in [-0.05, 0) is 46.8 Å². The molecule has 0 aliphatic carbocycles. The van der Waals surface area contributed by atoms with E-state index in [1.54, 1.807) is 0 Å². The van der Waals surface area contributed by atoms with Crippen LogP contribution in [0.5, 0.6) is 0 Å². The lowest BCUT2D eigenvalue weighted by Gasteiger charge is -2.24. The van der Waals surface area contributed by atoms with Crippen molar-refractivity contribution in [1.82, 2.24) is 10.3 Å². The van der Waals surface area contributed by atoms with E-state index in [2.05, 4.69) is 68.5 Å². The Morgan fingerprint density at radius 1 is 1.42 bits per heavy atom. The molecule has 0 atom stereocenters. The Balaban J connectivity index is 2.77. The Kier molecular flexibility index (Phi) is 5.55. The van der Waals surface area contributed by atoms with Gasteiger partial charge >= 0.3 is 0 Å². The standard InChI is InChI=1S/C16H27N3/c1-7-19(12-13(2)3)15-8-9-17-14(10-15)11-18-16(4,5)6/h8-10,18H,2,7,11-12H2,1,3-6H3. The van der Waals surface area contributed by atoms with Crippen molar-refractivity contribution in [3.8, 4) is 0 Å². The highest BCUT2D eigenvalue weighted by Crippen LogP contribution is 2.16. The van der Waals surface area contributed by atoms with Crippen LogP contribution >= 0.6 is 0 Å². The average molecular weight is 261 g/mol. The SMILES string of the molecule is C=C(C)CN(CC)c1ccnc(CNC(C)(C)C)c1. The Bertz CT molecular complexity index is 418. The molecule has 0 unspecified atom stereocenters. The van der Waals surface area contributed by atoms with Gasteiger partial charge < -0.3 is 10.2 Å². The van der Waals surface area contributed by atoms with E-state index in [0.717, 1.165) is 25.3 Å². The van der Waals surface area contributed by atoms with Gasteiger partial charge in [-0.3, -0.25) is 4.98 Å². The van der Waals surface area contributed by atoms with Crippen LogP contribution < -0.4 is 10.2 Å². The lowest BCUT2D eigenvalue weighted by atomic mass is 10.1. The van der Waals surface area contributed by atoms with Gasteiger partial charge in [0.15, 0.2) is 0 Å². The second kappa shape index (κ2) is 6.71. The molecule has 1 rings (SSSR count). The maximum absolute atomic E-state index is 4.43. The smallest absolute Gasteiger partial charge is 0.0562 e. The van der Waals surface area contributed by atoms with E-state index >= 15 is 0 Å². The normalized spacial score (nSPS) is 11.4. The van der Waals surface area contributed by atoms with Crippen molar-refractivity contribution < 1.29 is 0 Å². The van der Waals surface area contributed by atoms with Crippen molar-refractivity contribution in [3.05, 3.63) is 36.2 Å². The van der Waals surface area contributed by atoms with Crippen LogP contribution in [0.1, 0.15) is 40.3 Å². The van der Waals surface area contributed by atoms with Crippen LogP contribution in [0.4, 0.5) is 5.69 Å². The Morgan fingerprint density at radius 3 is 2.63 bits per heavy atom. The van der Waals surface area contributed by atoms with Gasteiger partial charge in [-0.25, -0.2) is 0 Å². The summed E-state index contributed by atoms with van der Waals surface area (Å²) < 4.78 is 0. The Morgan fingerprint density at radius 2 is 2.11 bits per heavy atom. The fourth-order valence-corrected chi connectivity index (χ4v) is 1.83. The fourth-order valence-electron chi connectivity index (χ4n) is 1.83. The summed E-state index contributed by atoms with van der Waals surface area (Å²) in [7, 11) is 0. The zero-order valence-electron chi connectivity index (χ0n) is 13.0. The summed E-state index contributed by atoms with van der Waals surface area (Å²) in [5.41, 5.74) is 3.58. The summed E-state index contributed by atoms with van der Waals surface area (Å²) in [6, 6.07) is 4.22. The quantitative estimate of drug-likeness (QED) is 0.796. The minimum atomic E-state index is 0.111. The summed E-state index contributed by atoms with van der Waals surface area (Å²) in [6.07, 6.45) is 1.89. The molecule has 0 saturated heterocycles. The number of likely N-dealkylation sites (N-methyl/N-ethyl adjacent to an activating group) is 1. The summed E-state index contributed by atoms with van der Waals surface area (Å²) >= 11 is 0. The summed E-state index contributed by atoms with van der Waals surface area (Å²) in [5.74, 6) is 0. The van der Waals surface area contributed by atoms with E-state index in [4.69, 9.17) is 0 Å². The van der Waals surface area contributed by atoms with E-state index < -0.39 is 0 Å². The highest BCUT2D eigenvalue weighted by atomic mass is 15.1. The summed E-state index contributed by atoms with van der Waals surface area (Å²) in [5, 5.41) is 3.46. The molecule has 0 spiro atoms. The van der Waals surface area contributed by atoms with Crippen LogP contribution in [0.2, 0.25) is 0 Å². The van der Waals surface area contributed by atoms with Crippen LogP contribution in [0.3, 0.4) is 0 Å². The second-order valence-electron chi connectivity index (χ2n) is 6.08. The van der Waals surface area contributed by atoms with Gasteiger partial charge in [-0.1, -0.05) is 12.2 Å². The molecular formula is C16H27N3. The molecule has 0 saturated carbocycles. The molecule has 0 aliphatic heterocycles. The third kappa shape index (κ3) is 5.88. The molecule has 1 aromatic heterocycles. The van der Waals surface area contributed by atoms with E-state index in [1.807, 2.05) is 6.20 Å². The number of hydrogen-bond donors (Lipinski definition) is 1. The minimum absolute atomic E-state index is 0.111. The van der Waals surface area contributed by atoms with E-state index in [0.29, 0.717) is 0 Å². The van der Waals surface area contributed by atoms with E-state index in [1.165, 1.54) is 11.3 Å². The number of hydrogen-bond acceptors (Lipinski definition) is 3. The van der Waals surface area contributed by atoms with E-state index in [-0.39, 0.29) is 5.54 Å². The van der Waals surface area contributed by atoms with Crippen molar-refractivity contribution in [2.24, 2.45) is 0 Å². The molecule has 1 aromatic rings. The van der Waals surface area contributed by atoms with Crippen LogP contribution in [-0.4, -0.2) is 23.6 Å². The number of anilines is 1. The van der Waals surface area contributed by atoms with Crippen molar-refractivity contribution in [3.63, 3.8) is 0 Å². The van der Waals surface area contributed by atoms with Gasteiger partial charge in [0.2, 0.25) is 0 Å². The van der Waals surface area contributed by atoms with Gasteiger partial charge in [0.05, 0.1) is 5.69 Å². The van der Waals surface area contributed by atoms with Crippen LogP contribution in [0.15, 0.2) is 30.5 Å². The largest absolute Gasteiger partial charge is 0.368 e. The topological polar surface area (TPSA) is 28.2 Å². The first kappa shape index (κ1) is 15.7. The van der Waals surface area contributed by atoms with Gasteiger partial charge in [0.1, 0.15) is 0 Å². The first-order valence-electron chi connectivity index (χ1n) is 6.91. The zero-order chi connectivity index (χ0) is 14.5. The predicted octanol–water partition coefficient (Wildman–Crippen LogP) is 3.37. The first-order chi connectivity index (χ1) is 8.81. The van der Waals surface area contributed by atoms with Gasteiger partial charge in [-0.2, -0.15) is 0 Å². The molecule has 106 valence electrons. The predicted molar refractivity (Wildman–Crippen MR) is 83.5 cm³/mol. The number of nitrogens with zero attached hydrogens (tertiary/aromatic N) is 2. The maximum atomic E-state index is 4.43. The lowest BCUT2D eigenvalue weighted by molar-refractivity contribution is 0.421. The van der Waals surface area contributed by atoms with Gasteiger partial charge in [0, 0.05) is 37.1 Å². The molecule has 0 radical (unpaired) electrons. The first-order valence-corrected chi connectivity index (χ1v) is 6.91. The van der Waals surface area contributed by atoms with Gasteiger partial charge in [-0.15, -0.1) is 0 Å². The van der Waals surface area contributed by atoms with Crippen LogP contribution in [0.25, 0.3) is 0 Å². The highest BCUT2D eigenvalue weighted by molar-refractivity contribution is 5.47. The Labute approximate surface area is 117 Å². The third-order valence-corrected chi connectivity index (χ3v) is 2.81. The number of aromatic nitrogens is 1. The van der Waals surface area contributed by atoms with Crippen LogP contribution in [0, 0.1) is 0 Å². The molecule has 1 N–H and O–H groups in total. The molecule has 0 aromatic carbocycles. The molecule has 3 heteroatoms. The maximum Gasteiger partial charge on any atom is 0.0562 e. The van der Waals surface area contributed by atoms with Crippen molar-refractivity contribution in [2.75, 3.05) is 18.0 Å². The van der Waals surface area contributed by atoms with Crippen LogP contribution in [-0.2, 0) is 6.54 Å². The molecule has 0 amide bonds.